The number of aliphatic hydroxyl groups excluding tert-OH is 3. The zero-order chi connectivity index (χ0) is 19.0. The van der Waals surface area contributed by atoms with Gasteiger partial charge in [0.15, 0.2) is 0 Å². The van der Waals surface area contributed by atoms with Gasteiger partial charge in [-0.15, -0.1) is 6.58 Å². The lowest BCUT2D eigenvalue weighted by atomic mass is 10.1. The molecule has 26 heavy (non-hydrogen) atoms. The Balaban J connectivity index is 1.87. The molecule has 1 saturated heterocycles. The number of unbranched alkanes of at least 4 members (excludes halogenated alkanes) is 11. The van der Waals surface area contributed by atoms with E-state index in [2.05, 4.69) is 6.58 Å². The Kier molecular flexibility index (Phi) is 14.1. The number of hydrogen-bond donors (Lipinski definition) is 3. The van der Waals surface area contributed by atoms with Gasteiger partial charge in [0, 0.05) is 6.61 Å². The van der Waals surface area contributed by atoms with Gasteiger partial charge >= 0.3 is 0 Å². The van der Waals surface area contributed by atoms with E-state index in [4.69, 9.17) is 9.47 Å². The molecule has 0 radical (unpaired) electrons. The van der Waals surface area contributed by atoms with Crippen molar-refractivity contribution in [1.82, 2.24) is 0 Å². The molecule has 0 amide bonds. The maximum Gasteiger partial charge on any atom is 0.114 e. The van der Waals surface area contributed by atoms with Crippen LogP contribution in [0.4, 0.5) is 0 Å². The van der Waals surface area contributed by atoms with Crippen molar-refractivity contribution in [3.63, 3.8) is 0 Å². The molecule has 5 nitrogen and oxygen atoms in total. The van der Waals surface area contributed by atoms with Crippen LogP contribution >= 0.6 is 0 Å². The molecule has 0 spiro atoms. The van der Waals surface area contributed by atoms with Gasteiger partial charge in [-0.3, -0.25) is 0 Å². The summed E-state index contributed by atoms with van der Waals surface area (Å²) in [6.07, 6.45) is 14.0. The van der Waals surface area contributed by atoms with Crippen molar-refractivity contribution in [2.75, 3.05) is 19.8 Å². The van der Waals surface area contributed by atoms with Crippen LogP contribution in [0.1, 0.15) is 77.0 Å². The van der Waals surface area contributed by atoms with Crippen LogP contribution in [-0.2, 0) is 9.47 Å². The number of allylic oxidation sites excluding steroid dienone is 1. The van der Waals surface area contributed by atoms with E-state index in [0.29, 0.717) is 6.61 Å². The topological polar surface area (TPSA) is 79.2 Å². The minimum Gasteiger partial charge on any atom is -0.394 e. The minimum absolute atomic E-state index is 0.0977. The van der Waals surface area contributed by atoms with Gasteiger partial charge in [-0.1, -0.05) is 63.9 Å². The smallest absolute Gasteiger partial charge is 0.114 e. The number of rotatable bonds is 17. The lowest BCUT2D eigenvalue weighted by molar-refractivity contribution is -0.101. The molecule has 1 rings (SSSR count). The van der Waals surface area contributed by atoms with Crippen molar-refractivity contribution in [2.24, 2.45) is 0 Å². The van der Waals surface area contributed by atoms with Gasteiger partial charge in [0.05, 0.1) is 13.2 Å². The average molecular weight is 373 g/mol. The van der Waals surface area contributed by atoms with Crippen LogP contribution < -0.4 is 0 Å². The molecule has 0 aliphatic carbocycles. The molecule has 0 aromatic carbocycles. The summed E-state index contributed by atoms with van der Waals surface area (Å²) in [6.45, 7) is 4.19. The molecular formula is C21H40O5. The van der Waals surface area contributed by atoms with Gasteiger partial charge in [0.2, 0.25) is 0 Å². The summed E-state index contributed by atoms with van der Waals surface area (Å²) in [7, 11) is 0. The SMILES string of the molecule is C=CCCCCCCCCCCCCCO[C@@H](CO)[C@H]1OC[C@@H](O)[C@H]1O. The quantitative estimate of drug-likeness (QED) is 0.269. The summed E-state index contributed by atoms with van der Waals surface area (Å²) in [6, 6.07) is 0. The number of ether oxygens (including phenoxy) is 2. The Morgan fingerprint density at radius 1 is 0.923 bits per heavy atom. The zero-order valence-corrected chi connectivity index (χ0v) is 16.4. The molecule has 0 aromatic heterocycles. The fourth-order valence-electron chi connectivity index (χ4n) is 3.42. The highest BCUT2D eigenvalue weighted by Crippen LogP contribution is 2.20. The largest absolute Gasteiger partial charge is 0.394 e. The molecular weight excluding hydrogens is 332 g/mol. The maximum atomic E-state index is 9.80. The van der Waals surface area contributed by atoms with Crippen molar-refractivity contribution < 1.29 is 24.8 Å². The van der Waals surface area contributed by atoms with Crippen molar-refractivity contribution in [3.05, 3.63) is 12.7 Å². The predicted molar refractivity (Wildman–Crippen MR) is 104 cm³/mol. The Bertz CT molecular complexity index is 336. The fraction of sp³-hybridized carbons (Fsp3) is 0.905. The second kappa shape index (κ2) is 15.6. The summed E-state index contributed by atoms with van der Waals surface area (Å²) >= 11 is 0. The molecule has 154 valence electrons. The van der Waals surface area contributed by atoms with Crippen LogP contribution in [0, 0.1) is 0 Å². The van der Waals surface area contributed by atoms with E-state index >= 15 is 0 Å². The Morgan fingerprint density at radius 2 is 1.46 bits per heavy atom. The molecule has 0 saturated carbocycles. The van der Waals surface area contributed by atoms with E-state index in [9.17, 15) is 15.3 Å². The molecule has 1 aliphatic rings. The third kappa shape index (κ3) is 10.0. The first-order chi connectivity index (χ1) is 12.7. The Labute approximate surface area is 159 Å². The highest BCUT2D eigenvalue weighted by Gasteiger charge is 2.40. The van der Waals surface area contributed by atoms with Crippen LogP contribution in [-0.4, -0.2) is 59.6 Å². The average Bonchev–Trinajstić information content (AvgIpc) is 2.98. The van der Waals surface area contributed by atoms with Crippen LogP contribution in [0.5, 0.6) is 0 Å². The van der Waals surface area contributed by atoms with Crippen molar-refractivity contribution in [2.45, 2.75) is 101 Å². The second-order valence-electron chi connectivity index (χ2n) is 7.41. The predicted octanol–water partition coefficient (Wildman–Crippen LogP) is 3.35. The summed E-state index contributed by atoms with van der Waals surface area (Å²) < 4.78 is 11.0. The number of aliphatic hydroxyl groups is 3. The minimum atomic E-state index is -0.978. The normalized spacial score (nSPS) is 24.0. The third-order valence-corrected chi connectivity index (χ3v) is 5.12. The highest BCUT2D eigenvalue weighted by molar-refractivity contribution is 4.88. The van der Waals surface area contributed by atoms with Crippen LogP contribution in [0.2, 0.25) is 0 Å². The van der Waals surface area contributed by atoms with Crippen LogP contribution in [0.25, 0.3) is 0 Å². The van der Waals surface area contributed by atoms with E-state index in [-0.39, 0.29) is 13.2 Å². The fourth-order valence-corrected chi connectivity index (χ4v) is 3.42. The Hall–Kier alpha value is -0.460. The van der Waals surface area contributed by atoms with Crippen molar-refractivity contribution in [1.29, 1.82) is 0 Å². The van der Waals surface area contributed by atoms with Crippen molar-refractivity contribution >= 4 is 0 Å². The molecule has 1 aliphatic heterocycles. The van der Waals surface area contributed by atoms with Crippen LogP contribution in [0.3, 0.4) is 0 Å². The number of hydrogen-bond acceptors (Lipinski definition) is 5. The molecule has 1 heterocycles. The van der Waals surface area contributed by atoms with Gasteiger partial charge < -0.3 is 24.8 Å². The first kappa shape index (κ1) is 23.6. The van der Waals surface area contributed by atoms with E-state index in [1.165, 1.54) is 57.8 Å². The van der Waals surface area contributed by atoms with E-state index in [1.807, 2.05) is 6.08 Å². The summed E-state index contributed by atoms with van der Waals surface area (Å²) in [5, 5.41) is 28.7. The standard InChI is InChI=1S/C21H40O5/c1-2-3-4-5-6-7-8-9-10-11-12-13-14-15-25-19(16-22)21-20(24)18(23)17-26-21/h2,18-24H,1,3-17H2/t18-,19+,20-,21-/m1/s1. The molecule has 1 fully saturated rings. The van der Waals surface area contributed by atoms with E-state index < -0.39 is 24.4 Å². The van der Waals surface area contributed by atoms with E-state index in [1.54, 1.807) is 0 Å². The molecule has 0 bridgehead atoms. The lowest BCUT2D eigenvalue weighted by Gasteiger charge is -2.24. The highest BCUT2D eigenvalue weighted by atomic mass is 16.6. The lowest BCUT2D eigenvalue weighted by Crippen LogP contribution is -2.42. The first-order valence-electron chi connectivity index (χ1n) is 10.5. The van der Waals surface area contributed by atoms with Gasteiger partial charge in [-0.05, 0) is 19.3 Å². The zero-order valence-electron chi connectivity index (χ0n) is 16.4. The second-order valence-corrected chi connectivity index (χ2v) is 7.41. The van der Waals surface area contributed by atoms with E-state index in [0.717, 1.165) is 19.3 Å². The molecule has 0 unspecified atom stereocenters. The monoisotopic (exact) mass is 372 g/mol. The van der Waals surface area contributed by atoms with Gasteiger partial charge in [-0.2, -0.15) is 0 Å². The van der Waals surface area contributed by atoms with Crippen molar-refractivity contribution in [3.8, 4) is 0 Å². The van der Waals surface area contributed by atoms with Gasteiger partial charge in [-0.25, -0.2) is 0 Å². The Morgan fingerprint density at radius 3 is 1.92 bits per heavy atom. The van der Waals surface area contributed by atoms with Gasteiger partial charge in [0.1, 0.15) is 24.4 Å². The van der Waals surface area contributed by atoms with Gasteiger partial charge in [0.25, 0.3) is 0 Å². The summed E-state index contributed by atoms with van der Waals surface area (Å²) in [5.41, 5.74) is 0. The third-order valence-electron chi connectivity index (χ3n) is 5.12. The summed E-state index contributed by atoms with van der Waals surface area (Å²) in [4.78, 5) is 0. The first-order valence-corrected chi connectivity index (χ1v) is 10.5. The van der Waals surface area contributed by atoms with Crippen LogP contribution in [0.15, 0.2) is 12.7 Å². The summed E-state index contributed by atoms with van der Waals surface area (Å²) in [5.74, 6) is 0. The molecule has 4 atom stereocenters. The molecule has 5 heteroatoms. The maximum absolute atomic E-state index is 9.80. The molecule has 0 aromatic rings. The molecule has 3 N–H and O–H groups in total.